The SMILES string of the molecule is CCSc1nnc(S[C@H](C)C(=O)N[C@@H]2CCCC[C@@H]2C)s1. The first-order valence-corrected chi connectivity index (χ1v) is 10.2. The molecule has 0 aromatic carbocycles. The zero-order valence-corrected chi connectivity index (χ0v) is 15.2. The van der Waals surface area contributed by atoms with Crippen molar-refractivity contribution in [1.29, 1.82) is 0 Å². The highest BCUT2D eigenvalue weighted by Crippen LogP contribution is 2.31. The molecule has 118 valence electrons. The lowest BCUT2D eigenvalue weighted by molar-refractivity contribution is -0.121. The summed E-state index contributed by atoms with van der Waals surface area (Å²) >= 11 is 4.77. The van der Waals surface area contributed by atoms with E-state index in [1.165, 1.54) is 31.0 Å². The lowest BCUT2D eigenvalue weighted by atomic mass is 9.86. The fourth-order valence-electron chi connectivity index (χ4n) is 2.46. The predicted molar refractivity (Wildman–Crippen MR) is 91.2 cm³/mol. The van der Waals surface area contributed by atoms with Gasteiger partial charge >= 0.3 is 0 Å². The van der Waals surface area contributed by atoms with Gasteiger partial charge in [0.1, 0.15) is 0 Å². The van der Waals surface area contributed by atoms with Crippen molar-refractivity contribution in [3.05, 3.63) is 0 Å². The van der Waals surface area contributed by atoms with Crippen molar-refractivity contribution in [1.82, 2.24) is 15.5 Å². The van der Waals surface area contributed by atoms with Crippen molar-refractivity contribution in [2.24, 2.45) is 5.92 Å². The van der Waals surface area contributed by atoms with Gasteiger partial charge in [-0.05, 0) is 31.4 Å². The maximum Gasteiger partial charge on any atom is 0.233 e. The van der Waals surface area contributed by atoms with E-state index in [-0.39, 0.29) is 11.2 Å². The molecule has 4 nitrogen and oxygen atoms in total. The van der Waals surface area contributed by atoms with Gasteiger partial charge in [0, 0.05) is 6.04 Å². The standard InChI is InChI=1S/C14H23N3OS3/c1-4-19-13-16-17-14(21-13)20-10(3)12(18)15-11-8-6-5-7-9(11)2/h9-11H,4-8H2,1-3H3,(H,15,18)/t9-,10+,11+/m0/s1. The molecule has 1 aliphatic rings. The molecule has 0 saturated heterocycles. The minimum Gasteiger partial charge on any atom is -0.352 e. The van der Waals surface area contributed by atoms with Gasteiger partial charge in [-0.15, -0.1) is 10.2 Å². The second-order valence-corrected chi connectivity index (χ2v) is 9.48. The van der Waals surface area contributed by atoms with Crippen LogP contribution in [0.4, 0.5) is 0 Å². The van der Waals surface area contributed by atoms with Crippen LogP contribution in [-0.4, -0.2) is 33.1 Å². The zero-order chi connectivity index (χ0) is 15.2. The number of carbonyl (C=O) groups is 1. The van der Waals surface area contributed by atoms with Crippen LogP contribution < -0.4 is 5.32 Å². The summed E-state index contributed by atoms with van der Waals surface area (Å²) in [6, 6.07) is 0.343. The smallest absolute Gasteiger partial charge is 0.233 e. The van der Waals surface area contributed by atoms with Gasteiger partial charge in [0.2, 0.25) is 5.91 Å². The first-order valence-electron chi connectivity index (χ1n) is 7.53. The van der Waals surface area contributed by atoms with Gasteiger partial charge in [-0.2, -0.15) is 0 Å². The molecule has 0 unspecified atom stereocenters. The molecule has 1 aliphatic carbocycles. The van der Waals surface area contributed by atoms with Crippen molar-refractivity contribution in [2.45, 2.75) is 66.4 Å². The summed E-state index contributed by atoms with van der Waals surface area (Å²) in [4.78, 5) is 12.3. The summed E-state index contributed by atoms with van der Waals surface area (Å²) in [7, 11) is 0. The lowest BCUT2D eigenvalue weighted by Crippen LogP contribution is -2.44. The Balaban J connectivity index is 1.83. The summed E-state index contributed by atoms with van der Waals surface area (Å²) in [6.07, 6.45) is 4.85. The molecule has 1 N–H and O–H groups in total. The Bertz CT molecular complexity index is 466. The monoisotopic (exact) mass is 345 g/mol. The summed E-state index contributed by atoms with van der Waals surface area (Å²) < 4.78 is 1.86. The molecule has 21 heavy (non-hydrogen) atoms. The van der Waals surface area contributed by atoms with Gasteiger partial charge in [-0.25, -0.2) is 0 Å². The highest BCUT2D eigenvalue weighted by Gasteiger charge is 2.25. The molecule has 0 aliphatic heterocycles. The summed E-state index contributed by atoms with van der Waals surface area (Å²) in [5.41, 5.74) is 0. The maximum atomic E-state index is 12.3. The third-order valence-electron chi connectivity index (χ3n) is 3.74. The normalized spacial score (nSPS) is 23.8. The molecule has 1 aromatic heterocycles. The number of carbonyl (C=O) groups excluding carboxylic acids is 1. The molecule has 1 amide bonds. The van der Waals surface area contributed by atoms with Crippen LogP contribution in [-0.2, 0) is 4.79 Å². The average Bonchev–Trinajstić information content (AvgIpc) is 2.89. The number of amides is 1. The minimum absolute atomic E-state index is 0.119. The molecule has 1 aromatic rings. The Kier molecular flexibility index (Phi) is 6.82. The van der Waals surface area contributed by atoms with Gasteiger partial charge in [0.25, 0.3) is 0 Å². The van der Waals surface area contributed by atoms with Gasteiger partial charge in [0.05, 0.1) is 5.25 Å². The molecule has 1 fully saturated rings. The Morgan fingerprint density at radius 2 is 2.10 bits per heavy atom. The Morgan fingerprint density at radius 1 is 1.38 bits per heavy atom. The van der Waals surface area contributed by atoms with Crippen LogP contribution in [0.15, 0.2) is 8.68 Å². The predicted octanol–water partition coefficient (Wildman–Crippen LogP) is 3.83. The van der Waals surface area contributed by atoms with E-state index >= 15 is 0 Å². The molecular formula is C14H23N3OS3. The van der Waals surface area contributed by atoms with E-state index in [1.807, 2.05) is 6.92 Å². The average molecular weight is 346 g/mol. The zero-order valence-electron chi connectivity index (χ0n) is 12.8. The molecule has 1 saturated carbocycles. The van der Waals surface area contributed by atoms with E-state index in [0.29, 0.717) is 12.0 Å². The van der Waals surface area contributed by atoms with Crippen LogP contribution >= 0.6 is 34.9 Å². The number of thioether (sulfide) groups is 2. The van der Waals surface area contributed by atoms with E-state index < -0.39 is 0 Å². The van der Waals surface area contributed by atoms with Crippen LogP contribution in [0.3, 0.4) is 0 Å². The topological polar surface area (TPSA) is 54.9 Å². The molecule has 2 rings (SSSR count). The van der Waals surface area contributed by atoms with Crippen molar-refractivity contribution in [3.63, 3.8) is 0 Å². The summed E-state index contributed by atoms with van der Waals surface area (Å²) in [6.45, 7) is 6.28. The number of hydrogen-bond donors (Lipinski definition) is 1. The third-order valence-corrected chi connectivity index (χ3v) is 6.86. The second-order valence-electron chi connectivity index (χ2n) is 5.40. The quantitative estimate of drug-likeness (QED) is 0.794. The summed E-state index contributed by atoms with van der Waals surface area (Å²) in [5.74, 6) is 1.71. The molecular weight excluding hydrogens is 322 g/mol. The lowest BCUT2D eigenvalue weighted by Gasteiger charge is -2.30. The Labute approximate surface area is 139 Å². The van der Waals surface area contributed by atoms with Crippen molar-refractivity contribution >= 4 is 40.8 Å². The number of aromatic nitrogens is 2. The van der Waals surface area contributed by atoms with E-state index in [9.17, 15) is 4.79 Å². The highest BCUT2D eigenvalue weighted by atomic mass is 32.2. The number of hydrogen-bond acceptors (Lipinski definition) is 6. The second kappa shape index (κ2) is 8.39. The van der Waals surface area contributed by atoms with Gasteiger partial charge in [0.15, 0.2) is 8.68 Å². The van der Waals surface area contributed by atoms with Crippen LogP contribution in [0.25, 0.3) is 0 Å². The van der Waals surface area contributed by atoms with Crippen LogP contribution in [0.1, 0.15) is 46.5 Å². The van der Waals surface area contributed by atoms with Crippen LogP contribution in [0.5, 0.6) is 0 Å². The fourth-order valence-corrected chi connectivity index (χ4v) is 5.53. The first-order chi connectivity index (χ1) is 10.1. The first kappa shape index (κ1) is 17.1. The third kappa shape index (κ3) is 5.14. The van der Waals surface area contributed by atoms with Crippen molar-refractivity contribution in [3.8, 4) is 0 Å². The van der Waals surface area contributed by atoms with Crippen LogP contribution in [0, 0.1) is 5.92 Å². The van der Waals surface area contributed by atoms with Gasteiger partial charge in [-0.1, -0.05) is 61.5 Å². The Hall–Kier alpha value is -0.270. The summed E-state index contributed by atoms with van der Waals surface area (Å²) in [5, 5.41) is 11.4. The Morgan fingerprint density at radius 3 is 2.81 bits per heavy atom. The van der Waals surface area contributed by atoms with Crippen molar-refractivity contribution < 1.29 is 4.79 Å². The molecule has 0 radical (unpaired) electrons. The van der Waals surface area contributed by atoms with E-state index in [1.54, 1.807) is 23.1 Å². The van der Waals surface area contributed by atoms with Gasteiger partial charge in [-0.3, -0.25) is 4.79 Å². The largest absolute Gasteiger partial charge is 0.352 e. The van der Waals surface area contributed by atoms with E-state index in [4.69, 9.17) is 0 Å². The molecule has 1 heterocycles. The molecule has 3 atom stereocenters. The van der Waals surface area contributed by atoms with Crippen LogP contribution in [0.2, 0.25) is 0 Å². The molecule has 7 heteroatoms. The van der Waals surface area contributed by atoms with Gasteiger partial charge < -0.3 is 5.32 Å². The molecule has 0 bridgehead atoms. The highest BCUT2D eigenvalue weighted by molar-refractivity contribution is 8.03. The van der Waals surface area contributed by atoms with E-state index in [0.717, 1.165) is 20.9 Å². The number of nitrogens with one attached hydrogen (secondary N) is 1. The minimum atomic E-state index is -0.119. The number of rotatable bonds is 6. The van der Waals surface area contributed by atoms with Crippen molar-refractivity contribution in [2.75, 3.05) is 5.75 Å². The fraction of sp³-hybridized carbons (Fsp3) is 0.786. The number of nitrogens with zero attached hydrogens (tertiary/aromatic N) is 2. The maximum absolute atomic E-state index is 12.3. The molecule has 0 spiro atoms. The van der Waals surface area contributed by atoms with E-state index in [2.05, 4.69) is 29.4 Å².